The molecule has 1 saturated heterocycles. The number of aliphatic hydroxyl groups is 1. The Labute approximate surface area is 152 Å². The minimum absolute atomic E-state index is 0.165. The Hall–Kier alpha value is -2.54. The zero-order valence-corrected chi connectivity index (χ0v) is 15.0. The van der Waals surface area contributed by atoms with Crippen LogP contribution in [-0.4, -0.2) is 58.2 Å². The lowest BCUT2D eigenvalue weighted by molar-refractivity contribution is -0.000153. The summed E-state index contributed by atoms with van der Waals surface area (Å²) in [6, 6.07) is 4.43. The van der Waals surface area contributed by atoms with E-state index in [9.17, 15) is 14.3 Å². The van der Waals surface area contributed by atoms with E-state index >= 15 is 0 Å². The first-order valence-electron chi connectivity index (χ1n) is 8.63. The molecule has 0 aliphatic carbocycles. The topological polar surface area (TPSA) is 69.6 Å². The zero-order chi connectivity index (χ0) is 18.7. The molecule has 1 amide bonds. The van der Waals surface area contributed by atoms with Crippen LogP contribution < -0.4 is 4.90 Å². The summed E-state index contributed by atoms with van der Waals surface area (Å²) in [5.41, 5.74) is -0.279. The Kier molecular flexibility index (Phi) is 5.18. The predicted octanol–water partition coefficient (Wildman–Crippen LogP) is 2.03. The number of rotatable bonds is 4. The van der Waals surface area contributed by atoms with E-state index in [4.69, 9.17) is 0 Å². The number of halogens is 1. The van der Waals surface area contributed by atoms with E-state index < -0.39 is 11.4 Å². The van der Waals surface area contributed by atoms with Crippen molar-refractivity contribution in [2.75, 3.05) is 31.6 Å². The number of nitrogens with zero attached hydrogens (tertiary/aromatic N) is 4. The number of aryl methyl sites for hydroxylation is 1. The molecular formula is C19H23FN4O2. The summed E-state index contributed by atoms with van der Waals surface area (Å²) in [7, 11) is 1.62. The van der Waals surface area contributed by atoms with Crippen molar-refractivity contribution in [2.45, 2.75) is 25.4 Å². The molecule has 1 N–H and O–H groups in total. The van der Waals surface area contributed by atoms with E-state index in [1.807, 2.05) is 4.90 Å². The zero-order valence-electron chi connectivity index (χ0n) is 15.0. The predicted molar refractivity (Wildman–Crippen MR) is 96.5 cm³/mol. The normalized spacial score (nSPS) is 20.1. The molecule has 2 aromatic rings. The average molecular weight is 358 g/mol. The second-order valence-corrected chi connectivity index (χ2v) is 6.94. The maximum Gasteiger partial charge on any atom is 0.253 e. The molecule has 1 aliphatic heterocycles. The summed E-state index contributed by atoms with van der Waals surface area (Å²) >= 11 is 0. The van der Waals surface area contributed by atoms with E-state index in [1.165, 1.54) is 11.0 Å². The van der Waals surface area contributed by atoms with Gasteiger partial charge >= 0.3 is 0 Å². The van der Waals surface area contributed by atoms with Gasteiger partial charge in [0.1, 0.15) is 11.6 Å². The van der Waals surface area contributed by atoms with E-state index in [-0.39, 0.29) is 18.0 Å². The highest BCUT2D eigenvalue weighted by molar-refractivity contribution is 5.94. The molecule has 2 heterocycles. The van der Waals surface area contributed by atoms with Gasteiger partial charge in [-0.15, -0.1) is 0 Å². The molecule has 1 aliphatic rings. The standard InChI is InChI=1S/C19H23FN4O2/c1-14-4-5-15(10-16(14)20)18(25)23(2)12-19(26)6-3-9-24(13-19)17-11-21-7-8-22-17/h4-5,7-8,10-11,26H,3,6,9,12-13H2,1-2H3/t19-/m1/s1. The lowest BCUT2D eigenvalue weighted by Gasteiger charge is -2.41. The highest BCUT2D eigenvalue weighted by atomic mass is 19.1. The lowest BCUT2D eigenvalue weighted by atomic mass is 9.92. The second-order valence-electron chi connectivity index (χ2n) is 6.94. The molecule has 0 radical (unpaired) electrons. The quantitative estimate of drug-likeness (QED) is 0.906. The van der Waals surface area contributed by atoms with Gasteiger partial charge in [0.25, 0.3) is 5.91 Å². The first kappa shape index (κ1) is 18.3. The van der Waals surface area contributed by atoms with Gasteiger partial charge in [-0.2, -0.15) is 0 Å². The van der Waals surface area contributed by atoms with Crippen molar-refractivity contribution in [3.05, 3.63) is 53.7 Å². The Morgan fingerprint density at radius 2 is 2.23 bits per heavy atom. The summed E-state index contributed by atoms with van der Waals surface area (Å²) in [5, 5.41) is 11.0. The monoisotopic (exact) mass is 358 g/mol. The Balaban J connectivity index is 1.70. The van der Waals surface area contributed by atoms with E-state index in [2.05, 4.69) is 9.97 Å². The Bertz CT molecular complexity index is 786. The van der Waals surface area contributed by atoms with Crippen molar-refractivity contribution in [3.63, 3.8) is 0 Å². The number of carbonyl (C=O) groups excluding carboxylic acids is 1. The highest BCUT2D eigenvalue weighted by Gasteiger charge is 2.36. The van der Waals surface area contributed by atoms with Crippen LogP contribution in [0.2, 0.25) is 0 Å². The Morgan fingerprint density at radius 3 is 2.92 bits per heavy atom. The molecule has 1 aromatic carbocycles. The molecule has 0 spiro atoms. The summed E-state index contributed by atoms with van der Waals surface area (Å²) < 4.78 is 13.7. The number of likely N-dealkylation sites (N-methyl/N-ethyl adjacent to an activating group) is 1. The maximum atomic E-state index is 13.7. The highest BCUT2D eigenvalue weighted by Crippen LogP contribution is 2.25. The van der Waals surface area contributed by atoms with Crippen molar-refractivity contribution in [3.8, 4) is 0 Å². The molecule has 1 aromatic heterocycles. The van der Waals surface area contributed by atoms with E-state index in [0.29, 0.717) is 24.3 Å². The molecule has 1 fully saturated rings. The second kappa shape index (κ2) is 7.37. The number of β-amino-alcohol motifs (C(OH)–C–C–N with tert-alkyl or cyclic N) is 1. The largest absolute Gasteiger partial charge is 0.386 e. The lowest BCUT2D eigenvalue weighted by Crippen LogP contribution is -2.54. The molecule has 26 heavy (non-hydrogen) atoms. The van der Waals surface area contributed by atoms with Gasteiger partial charge in [0.15, 0.2) is 0 Å². The summed E-state index contributed by atoms with van der Waals surface area (Å²) in [5.74, 6) is -0.0105. The van der Waals surface area contributed by atoms with E-state index in [0.717, 1.165) is 13.0 Å². The van der Waals surface area contributed by atoms with Crippen LogP contribution in [-0.2, 0) is 0 Å². The van der Waals surface area contributed by atoms with Gasteiger partial charge in [-0.1, -0.05) is 6.07 Å². The number of hydrogen-bond acceptors (Lipinski definition) is 5. The third kappa shape index (κ3) is 3.99. The van der Waals surface area contributed by atoms with Crippen LogP contribution in [0.1, 0.15) is 28.8 Å². The van der Waals surface area contributed by atoms with Crippen LogP contribution in [0.4, 0.5) is 10.2 Å². The molecule has 0 unspecified atom stereocenters. The minimum atomic E-state index is -1.05. The number of benzene rings is 1. The van der Waals surface area contributed by atoms with Gasteiger partial charge in [0, 0.05) is 38.1 Å². The fourth-order valence-corrected chi connectivity index (χ4v) is 3.35. The number of hydrogen-bond donors (Lipinski definition) is 1. The van der Waals surface area contributed by atoms with Crippen molar-refractivity contribution >= 4 is 11.7 Å². The summed E-state index contributed by atoms with van der Waals surface area (Å²) in [4.78, 5) is 24.4. The van der Waals surface area contributed by atoms with Gasteiger partial charge in [-0.3, -0.25) is 9.78 Å². The van der Waals surface area contributed by atoms with Crippen molar-refractivity contribution in [1.29, 1.82) is 0 Å². The van der Waals surface area contributed by atoms with Crippen LogP contribution in [0, 0.1) is 12.7 Å². The first-order chi connectivity index (χ1) is 12.4. The van der Waals surface area contributed by atoms with Crippen LogP contribution in [0.15, 0.2) is 36.8 Å². The molecular weight excluding hydrogens is 335 g/mol. The molecule has 6 nitrogen and oxygen atoms in total. The fourth-order valence-electron chi connectivity index (χ4n) is 3.35. The maximum absolute atomic E-state index is 13.7. The van der Waals surface area contributed by atoms with Gasteiger partial charge in [-0.25, -0.2) is 9.37 Å². The summed E-state index contributed by atoms with van der Waals surface area (Å²) in [6.07, 6.45) is 6.25. The SMILES string of the molecule is Cc1ccc(C(=O)N(C)C[C@]2(O)CCCN(c3cnccn3)C2)cc1F. The van der Waals surface area contributed by atoms with Crippen LogP contribution in [0.5, 0.6) is 0 Å². The fraction of sp³-hybridized carbons (Fsp3) is 0.421. The third-order valence-corrected chi connectivity index (χ3v) is 4.73. The smallest absolute Gasteiger partial charge is 0.253 e. The number of aromatic nitrogens is 2. The van der Waals surface area contributed by atoms with Crippen molar-refractivity contribution in [2.24, 2.45) is 0 Å². The van der Waals surface area contributed by atoms with Crippen molar-refractivity contribution < 1.29 is 14.3 Å². The average Bonchev–Trinajstić information content (AvgIpc) is 2.63. The summed E-state index contributed by atoms with van der Waals surface area (Å²) in [6.45, 7) is 2.96. The van der Waals surface area contributed by atoms with Gasteiger partial charge < -0.3 is 14.9 Å². The molecule has 3 rings (SSSR count). The molecule has 7 heteroatoms. The van der Waals surface area contributed by atoms with Crippen LogP contribution in [0.25, 0.3) is 0 Å². The van der Waals surface area contributed by atoms with Crippen molar-refractivity contribution in [1.82, 2.24) is 14.9 Å². The van der Waals surface area contributed by atoms with Gasteiger partial charge in [0.2, 0.25) is 0 Å². The molecule has 138 valence electrons. The number of amides is 1. The third-order valence-electron chi connectivity index (χ3n) is 4.73. The van der Waals surface area contributed by atoms with Gasteiger partial charge in [-0.05, 0) is 37.5 Å². The van der Waals surface area contributed by atoms with Crippen LogP contribution >= 0.6 is 0 Å². The van der Waals surface area contributed by atoms with Crippen LogP contribution in [0.3, 0.4) is 0 Å². The number of piperidine rings is 1. The molecule has 0 saturated carbocycles. The number of anilines is 1. The molecule has 0 bridgehead atoms. The molecule has 1 atom stereocenters. The first-order valence-corrected chi connectivity index (χ1v) is 8.63. The number of carbonyl (C=O) groups is 1. The minimum Gasteiger partial charge on any atom is -0.386 e. The van der Waals surface area contributed by atoms with E-state index in [1.54, 1.807) is 44.7 Å². The Morgan fingerprint density at radius 1 is 1.42 bits per heavy atom. The van der Waals surface area contributed by atoms with Gasteiger partial charge in [0.05, 0.1) is 18.3 Å².